The number of aromatic nitrogens is 1. The van der Waals surface area contributed by atoms with Crippen molar-refractivity contribution in [3.05, 3.63) is 127 Å². The molecule has 0 unspecified atom stereocenters. The van der Waals surface area contributed by atoms with Gasteiger partial charge in [-0.1, -0.05) is 104 Å². The Labute approximate surface area is 235 Å². The highest BCUT2D eigenvalue weighted by Crippen LogP contribution is 2.46. The Balaban J connectivity index is 1.53. The number of hydrogen-bond acceptors (Lipinski definition) is 2. The number of nitrogens with zero attached hydrogens (tertiary/aromatic N) is 1. The van der Waals surface area contributed by atoms with Crippen LogP contribution in [-0.2, 0) is 0 Å². The first kappa shape index (κ1) is 22.4. The second kappa shape index (κ2) is 8.03. The van der Waals surface area contributed by atoms with Gasteiger partial charge in [-0.05, 0) is 67.4 Å². The predicted octanol–water partition coefficient (Wildman–Crippen LogP) is 10.2. The van der Waals surface area contributed by atoms with Gasteiger partial charge < -0.3 is 4.42 Å². The van der Waals surface area contributed by atoms with E-state index in [1.807, 2.05) is 12.1 Å². The van der Waals surface area contributed by atoms with Crippen molar-refractivity contribution in [2.24, 2.45) is 0 Å². The second-order valence-electron chi connectivity index (χ2n) is 10.8. The van der Waals surface area contributed by atoms with Gasteiger partial charge >= 0.3 is 0 Å². The molecule has 0 fully saturated rings. The summed E-state index contributed by atoms with van der Waals surface area (Å²) in [6, 6.07) is 38.6. The average molecular weight is 522 g/mol. The van der Waals surface area contributed by atoms with Gasteiger partial charge in [0.25, 0.3) is 0 Å². The summed E-state index contributed by atoms with van der Waals surface area (Å²) in [6.07, 6.45) is 1.92. The molecule has 0 saturated carbocycles. The van der Waals surface area contributed by atoms with Crippen LogP contribution in [-0.4, -0.2) is 4.98 Å². The molecule has 2 heteroatoms. The Kier molecular flexibility index (Phi) is 4.38. The molecule has 0 aliphatic heterocycles. The molecule has 0 saturated heterocycles. The van der Waals surface area contributed by atoms with E-state index in [0.29, 0.717) is 0 Å². The van der Waals surface area contributed by atoms with Crippen molar-refractivity contribution < 1.29 is 4.42 Å². The molecule has 0 N–H and O–H groups in total. The van der Waals surface area contributed by atoms with E-state index in [1.165, 1.54) is 26.9 Å². The van der Waals surface area contributed by atoms with Crippen molar-refractivity contribution in [3.63, 3.8) is 0 Å². The van der Waals surface area contributed by atoms with Crippen LogP contribution in [0.1, 0.15) is 5.56 Å². The molecule has 2 nitrogen and oxygen atoms in total. The lowest BCUT2D eigenvalue weighted by Crippen LogP contribution is -2.01. The SMILES string of the molecule is C=Cc1ccc2cc(-c3nc4ccccc4c4c5oc6ccccc6c5c5ccccc5c34)cc3ccc(=C)c1c23. The Morgan fingerprint density at radius 3 is 2.02 bits per heavy atom. The van der Waals surface area contributed by atoms with Crippen LogP contribution in [0.3, 0.4) is 0 Å². The van der Waals surface area contributed by atoms with Gasteiger partial charge in [-0.25, -0.2) is 4.98 Å². The highest BCUT2D eigenvalue weighted by atomic mass is 16.3. The average Bonchev–Trinajstić information content (AvgIpc) is 3.42. The molecular weight excluding hydrogens is 498 g/mol. The molecule has 0 amide bonds. The molecule has 0 radical (unpaired) electrons. The number of benzene rings is 7. The van der Waals surface area contributed by atoms with Gasteiger partial charge in [0.1, 0.15) is 11.2 Å². The van der Waals surface area contributed by atoms with Crippen molar-refractivity contribution >= 4 is 88.6 Å². The number of hydrogen-bond donors (Lipinski definition) is 0. The zero-order chi connectivity index (χ0) is 27.2. The summed E-state index contributed by atoms with van der Waals surface area (Å²) >= 11 is 0. The van der Waals surface area contributed by atoms with Crippen LogP contribution in [0.5, 0.6) is 0 Å². The van der Waals surface area contributed by atoms with Crippen molar-refractivity contribution in [2.75, 3.05) is 0 Å². The van der Waals surface area contributed by atoms with Gasteiger partial charge in [-0.3, -0.25) is 0 Å². The molecule has 7 aromatic carbocycles. The summed E-state index contributed by atoms with van der Waals surface area (Å²) in [7, 11) is 0. The van der Waals surface area contributed by atoms with E-state index in [1.54, 1.807) is 0 Å². The zero-order valence-electron chi connectivity index (χ0n) is 22.2. The fourth-order valence-corrected chi connectivity index (χ4v) is 6.90. The van der Waals surface area contributed by atoms with E-state index < -0.39 is 0 Å². The highest BCUT2D eigenvalue weighted by Gasteiger charge is 2.22. The van der Waals surface area contributed by atoms with Gasteiger partial charge in [-0.2, -0.15) is 0 Å². The number of furan rings is 1. The molecule has 9 rings (SSSR count). The maximum absolute atomic E-state index is 6.69. The Bertz CT molecular complexity index is 2600. The normalized spacial score (nSPS) is 12.1. The van der Waals surface area contributed by atoms with Crippen LogP contribution < -0.4 is 5.22 Å². The molecule has 0 aliphatic rings. The lowest BCUT2D eigenvalue weighted by molar-refractivity contribution is 0.673. The molecule has 2 heterocycles. The van der Waals surface area contributed by atoms with Crippen molar-refractivity contribution in [2.45, 2.75) is 0 Å². The topological polar surface area (TPSA) is 26.0 Å². The Morgan fingerprint density at radius 2 is 1.24 bits per heavy atom. The molecule has 0 bridgehead atoms. The molecule has 0 spiro atoms. The van der Waals surface area contributed by atoms with Crippen LogP contribution in [0, 0.1) is 0 Å². The lowest BCUT2D eigenvalue weighted by atomic mass is 9.89. The summed E-state index contributed by atoms with van der Waals surface area (Å²) in [5.41, 5.74) is 5.91. The highest BCUT2D eigenvalue weighted by molar-refractivity contribution is 6.36. The third-order valence-electron chi connectivity index (χ3n) is 8.64. The molecular formula is C39H23NO. The maximum atomic E-state index is 6.69. The van der Waals surface area contributed by atoms with Crippen LogP contribution in [0.25, 0.3) is 99.8 Å². The van der Waals surface area contributed by atoms with Gasteiger partial charge in [0.2, 0.25) is 0 Å². The van der Waals surface area contributed by atoms with E-state index in [-0.39, 0.29) is 0 Å². The summed E-state index contributed by atoms with van der Waals surface area (Å²) in [4.78, 5) is 5.36. The molecule has 190 valence electrons. The fourth-order valence-electron chi connectivity index (χ4n) is 6.90. The zero-order valence-corrected chi connectivity index (χ0v) is 22.2. The first-order valence-corrected chi connectivity index (χ1v) is 13.9. The summed E-state index contributed by atoms with van der Waals surface area (Å²) in [5.74, 6) is 0. The first-order valence-electron chi connectivity index (χ1n) is 13.9. The Morgan fingerprint density at radius 1 is 0.585 bits per heavy atom. The van der Waals surface area contributed by atoms with E-state index in [4.69, 9.17) is 9.40 Å². The van der Waals surface area contributed by atoms with Gasteiger partial charge in [0.05, 0.1) is 11.2 Å². The van der Waals surface area contributed by atoms with Crippen molar-refractivity contribution in [3.8, 4) is 11.3 Å². The fraction of sp³-hybridized carbons (Fsp3) is 0. The Hall–Kier alpha value is -5.47. The quantitative estimate of drug-likeness (QED) is 0.212. The third kappa shape index (κ3) is 2.94. The number of fused-ring (bicyclic) bond motifs is 10. The van der Waals surface area contributed by atoms with E-state index in [0.717, 1.165) is 71.0 Å². The molecule has 41 heavy (non-hydrogen) atoms. The summed E-state index contributed by atoms with van der Waals surface area (Å²) in [6.45, 7) is 8.37. The predicted molar refractivity (Wildman–Crippen MR) is 175 cm³/mol. The minimum absolute atomic E-state index is 0.897. The largest absolute Gasteiger partial charge is 0.455 e. The standard InChI is InChI=1S/C39H23NO/c1-3-23-18-19-25-21-26(20-24-17-16-22(2)33(23)34(24)25)38-36-28-11-5-4-10-27(28)35-30-13-7-9-15-32(30)41-39(35)37(36)29-12-6-8-14-31(29)40-38/h3-21H,1-2H2. The summed E-state index contributed by atoms with van der Waals surface area (Å²) < 4.78 is 6.69. The monoisotopic (exact) mass is 521 g/mol. The summed E-state index contributed by atoms with van der Waals surface area (Å²) in [5, 5.41) is 13.7. The van der Waals surface area contributed by atoms with Crippen LogP contribution in [0.2, 0.25) is 0 Å². The smallest absolute Gasteiger partial charge is 0.144 e. The second-order valence-corrected chi connectivity index (χ2v) is 10.8. The van der Waals surface area contributed by atoms with Crippen LogP contribution in [0.4, 0.5) is 0 Å². The number of pyridine rings is 1. The molecule has 9 aromatic rings. The van der Waals surface area contributed by atoms with Crippen molar-refractivity contribution in [1.29, 1.82) is 0 Å². The molecule has 2 aromatic heterocycles. The molecule has 0 atom stereocenters. The minimum Gasteiger partial charge on any atom is -0.455 e. The lowest BCUT2D eigenvalue weighted by Gasteiger charge is -2.16. The van der Waals surface area contributed by atoms with E-state index in [2.05, 4.69) is 116 Å². The van der Waals surface area contributed by atoms with Gasteiger partial charge in [0, 0.05) is 32.5 Å². The number of rotatable bonds is 2. The number of para-hydroxylation sites is 2. The van der Waals surface area contributed by atoms with Gasteiger partial charge in [-0.15, -0.1) is 0 Å². The van der Waals surface area contributed by atoms with Crippen molar-refractivity contribution in [1.82, 2.24) is 4.98 Å². The third-order valence-corrected chi connectivity index (χ3v) is 8.64. The maximum Gasteiger partial charge on any atom is 0.144 e. The van der Waals surface area contributed by atoms with E-state index in [9.17, 15) is 0 Å². The van der Waals surface area contributed by atoms with E-state index >= 15 is 0 Å². The first-order chi connectivity index (χ1) is 20.2. The minimum atomic E-state index is 0.897. The molecule has 0 aliphatic carbocycles. The van der Waals surface area contributed by atoms with Gasteiger partial charge in [0.15, 0.2) is 0 Å². The van der Waals surface area contributed by atoms with Crippen LogP contribution >= 0.6 is 0 Å². The van der Waals surface area contributed by atoms with Crippen LogP contribution in [0.15, 0.2) is 120 Å².